The molecule has 5 nitrogen and oxygen atoms in total. The van der Waals surface area contributed by atoms with Crippen LogP contribution in [0.3, 0.4) is 0 Å². The second kappa shape index (κ2) is 6.43. The standard InChI is InChI=1S/C21H32N2O3/c1-20-7-5-13(23-26-10-9-22)11-17(20)18(24)12-14-15-3-4-19(25)21(15,2)8-6-16(14)20/h14-17H,3-12,22H2,1-2H3/b23-13+/t14?,15-,16?,17+,20+,21-/m0/s1. The van der Waals surface area contributed by atoms with Gasteiger partial charge in [0, 0.05) is 30.7 Å². The maximum absolute atomic E-state index is 13.1. The predicted octanol–water partition coefficient (Wildman–Crippen LogP) is 3.11. The first-order valence-corrected chi connectivity index (χ1v) is 10.3. The molecule has 0 spiro atoms. The summed E-state index contributed by atoms with van der Waals surface area (Å²) in [6.45, 7) is 5.39. The lowest BCUT2D eigenvalue weighted by Crippen LogP contribution is -2.56. The SMILES string of the molecule is C[C@]12CCC3C(CC(=O)[C@H]4C/C(=N/OCCN)CC[C@]34C)[C@@H]1CCC2=O. The Morgan fingerprint density at radius 2 is 1.92 bits per heavy atom. The van der Waals surface area contributed by atoms with E-state index in [1.54, 1.807) is 0 Å². The lowest BCUT2D eigenvalue weighted by Gasteiger charge is -2.58. The number of rotatable bonds is 3. The van der Waals surface area contributed by atoms with E-state index < -0.39 is 0 Å². The molecule has 4 fully saturated rings. The number of hydrogen-bond donors (Lipinski definition) is 1. The Kier molecular flexibility index (Phi) is 4.49. The number of oxime groups is 1. The zero-order valence-corrected chi connectivity index (χ0v) is 16.1. The molecule has 2 unspecified atom stereocenters. The lowest BCUT2D eigenvalue weighted by atomic mass is 9.45. The van der Waals surface area contributed by atoms with Crippen LogP contribution in [0.4, 0.5) is 0 Å². The molecule has 4 aliphatic carbocycles. The molecule has 4 rings (SSSR count). The summed E-state index contributed by atoms with van der Waals surface area (Å²) in [7, 11) is 0. The van der Waals surface area contributed by atoms with Gasteiger partial charge in [-0.1, -0.05) is 19.0 Å². The van der Waals surface area contributed by atoms with Gasteiger partial charge in [-0.2, -0.15) is 0 Å². The molecule has 144 valence electrons. The van der Waals surface area contributed by atoms with Gasteiger partial charge in [0.2, 0.25) is 0 Å². The van der Waals surface area contributed by atoms with Crippen LogP contribution in [0, 0.1) is 34.5 Å². The summed E-state index contributed by atoms with van der Waals surface area (Å²) in [5, 5.41) is 4.25. The van der Waals surface area contributed by atoms with Gasteiger partial charge in [-0.25, -0.2) is 0 Å². The molecule has 0 aliphatic heterocycles. The largest absolute Gasteiger partial charge is 0.395 e. The summed E-state index contributed by atoms with van der Waals surface area (Å²) in [5.41, 5.74) is 6.37. The number of carbonyl (C=O) groups is 2. The summed E-state index contributed by atoms with van der Waals surface area (Å²) in [6.07, 6.45) is 7.13. The van der Waals surface area contributed by atoms with Gasteiger partial charge in [-0.3, -0.25) is 9.59 Å². The van der Waals surface area contributed by atoms with Gasteiger partial charge in [0.1, 0.15) is 18.2 Å². The van der Waals surface area contributed by atoms with E-state index in [2.05, 4.69) is 19.0 Å². The first kappa shape index (κ1) is 18.1. The first-order valence-electron chi connectivity index (χ1n) is 10.3. The molecular formula is C21H32N2O3. The number of fused-ring (bicyclic) bond motifs is 5. The van der Waals surface area contributed by atoms with Crippen molar-refractivity contribution in [2.75, 3.05) is 13.2 Å². The van der Waals surface area contributed by atoms with Crippen molar-refractivity contribution >= 4 is 17.3 Å². The van der Waals surface area contributed by atoms with Gasteiger partial charge in [0.25, 0.3) is 0 Å². The smallest absolute Gasteiger partial charge is 0.139 e. The molecule has 0 aromatic heterocycles. The molecule has 5 heteroatoms. The molecule has 6 atom stereocenters. The Morgan fingerprint density at radius 3 is 2.69 bits per heavy atom. The fraction of sp³-hybridized carbons (Fsp3) is 0.857. The minimum atomic E-state index is -0.165. The van der Waals surface area contributed by atoms with E-state index in [-0.39, 0.29) is 16.7 Å². The molecular weight excluding hydrogens is 328 g/mol. The molecule has 0 radical (unpaired) electrons. The van der Waals surface area contributed by atoms with E-state index in [1.165, 1.54) is 0 Å². The van der Waals surface area contributed by atoms with Crippen LogP contribution < -0.4 is 5.73 Å². The van der Waals surface area contributed by atoms with Crippen molar-refractivity contribution in [3.8, 4) is 0 Å². The Morgan fingerprint density at radius 1 is 1.12 bits per heavy atom. The molecule has 0 saturated heterocycles. The van der Waals surface area contributed by atoms with Crippen molar-refractivity contribution in [3.05, 3.63) is 0 Å². The third-order valence-corrected chi connectivity index (χ3v) is 8.41. The van der Waals surface area contributed by atoms with Crippen LogP contribution in [0.15, 0.2) is 5.16 Å². The van der Waals surface area contributed by atoms with Crippen molar-refractivity contribution in [1.82, 2.24) is 0 Å². The number of ketones is 2. The maximum atomic E-state index is 13.1. The third-order valence-electron chi connectivity index (χ3n) is 8.41. The summed E-state index contributed by atoms with van der Waals surface area (Å²) >= 11 is 0. The van der Waals surface area contributed by atoms with Crippen molar-refractivity contribution in [2.45, 2.75) is 65.2 Å². The Balaban J connectivity index is 1.57. The zero-order valence-electron chi connectivity index (χ0n) is 16.1. The molecule has 0 bridgehead atoms. The van der Waals surface area contributed by atoms with Crippen LogP contribution in [0.1, 0.15) is 65.2 Å². The zero-order chi connectivity index (χ0) is 18.5. The van der Waals surface area contributed by atoms with Crippen molar-refractivity contribution in [2.24, 2.45) is 45.4 Å². The van der Waals surface area contributed by atoms with E-state index in [1.807, 2.05) is 0 Å². The summed E-state index contributed by atoms with van der Waals surface area (Å²) < 4.78 is 0. The van der Waals surface area contributed by atoms with Crippen molar-refractivity contribution in [1.29, 1.82) is 0 Å². The highest BCUT2D eigenvalue weighted by Crippen LogP contribution is 2.64. The molecule has 4 saturated carbocycles. The molecule has 0 heterocycles. The summed E-state index contributed by atoms with van der Waals surface area (Å²) in [6, 6.07) is 0. The minimum absolute atomic E-state index is 0.0554. The van der Waals surface area contributed by atoms with Gasteiger partial charge in [-0.05, 0) is 61.7 Å². The van der Waals surface area contributed by atoms with Gasteiger partial charge in [-0.15, -0.1) is 0 Å². The minimum Gasteiger partial charge on any atom is -0.395 e. The van der Waals surface area contributed by atoms with Crippen molar-refractivity contribution < 1.29 is 14.4 Å². The van der Waals surface area contributed by atoms with Gasteiger partial charge in [0.05, 0.1) is 5.71 Å². The van der Waals surface area contributed by atoms with E-state index >= 15 is 0 Å². The number of nitrogens with two attached hydrogens (primary N) is 1. The van der Waals surface area contributed by atoms with Gasteiger partial charge >= 0.3 is 0 Å². The molecule has 26 heavy (non-hydrogen) atoms. The molecule has 0 aromatic carbocycles. The summed E-state index contributed by atoms with van der Waals surface area (Å²) in [5.74, 6) is 2.29. The van der Waals surface area contributed by atoms with Crippen LogP contribution in [0.5, 0.6) is 0 Å². The molecule has 0 amide bonds. The lowest BCUT2D eigenvalue weighted by molar-refractivity contribution is -0.152. The topological polar surface area (TPSA) is 81.8 Å². The molecule has 0 aromatic rings. The average Bonchev–Trinajstić information content (AvgIpc) is 2.92. The highest BCUT2D eigenvalue weighted by atomic mass is 16.6. The van der Waals surface area contributed by atoms with Crippen LogP contribution in [0.25, 0.3) is 0 Å². The van der Waals surface area contributed by atoms with E-state index in [0.717, 1.165) is 44.2 Å². The number of hydrogen-bond acceptors (Lipinski definition) is 5. The average molecular weight is 360 g/mol. The Hall–Kier alpha value is -1.23. The fourth-order valence-electron chi connectivity index (χ4n) is 6.89. The fourth-order valence-corrected chi connectivity index (χ4v) is 6.89. The predicted molar refractivity (Wildman–Crippen MR) is 99.6 cm³/mol. The number of Topliss-reactive ketones (excluding diaryl/α,β-unsaturated/α-hetero) is 2. The molecule has 4 aliphatic rings. The van der Waals surface area contributed by atoms with Crippen molar-refractivity contribution in [3.63, 3.8) is 0 Å². The second-order valence-corrected chi connectivity index (χ2v) is 9.51. The quantitative estimate of drug-likeness (QED) is 0.619. The number of carbonyl (C=O) groups excluding carboxylic acids is 2. The monoisotopic (exact) mass is 360 g/mol. The summed E-state index contributed by atoms with van der Waals surface area (Å²) in [4.78, 5) is 30.9. The highest BCUT2D eigenvalue weighted by molar-refractivity contribution is 5.93. The highest BCUT2D eigenvalue weighted by Gasteiger charge is 2.62. The van der Waals surface area contributed by atoms with E-state index in [4.69, 9.17) is 10.6 Å². The normalized spacial score (nSPS) is 46.7. The van der Waals surface area contributed by atoms with Crippen LogP contribution in [0.2, 0.25) is 0 Å². The van der Waals surface area contributed by atoms with E-state index in [9.17, 15) is 9.59 Å². The Bertz CT molecular complexity index is 645. The molecule has 2 N–H and O–H groups in total. The maximum Gasteiger partial charge on any atom is 0.139 e. The Labute approximate surface area is 156 Å². The van der Waals surface area contributed by atoms with Gasteiger partial charge in [0.15, 0.2) is 0 Å². The number of nitrogens with zero attached hydrogens (tertiary/aromatic N) is 1. The van der Waals surface area contributed by atoms with Crippen LogP contribution in [-0.2, 0) is 14.4 Å². The van der Waals surface area contributed by atoms with Crippen LogP contribution >= 0.6 is 0 Å². The second-order valence-electron chi connectivity index (χ2n) is 9.51. The van der Waals surface area contributed by atoms with E-state index in [0.29, 0.717) is 55.3 Å². The third kappa shape index (κ3) is 2.57. The first-order chi connectivity index (χ1) is 12.4. The van der Waals surface area contributed by atoms with Gasteiger partial charge < -0.3 is 10.6 Å². The van der Waals surface area contributed by atoms with Crippen LogP contribution in [-0.4, -0.2) is 30.4 Å².